The second-order valence-corrected chi connectivity index (χ2v) is 6.06. The van der Waals surface area contributed by atoms with Crippen molar-refractivity contribution in [2.24, 2.45) is 5.92 Å². The van der Waals surface area contributed by atoms with Gasteiger partial charge in [0.1, 0.15) is 5.82 Å². The van der Waals surface area contributed by atoms with Crippen LogP contribution in [0.15, 0.2) is 18.2 Å². The van der Waals surface area contributed by atoms with Crippen LogP contribution in [0.2, 0.25) is 0 Å². The third-order valence-electron chi connectivity index (χ3n) is 4.60. The number of rotatable bonds is 2. The Bertz CT molecular complexity index is 503. The number of hydrogen-bond acceptors (Lipinski definition) is 2. The van der Waals surface area contributed by atoms with Crippen LogP contribution in [0.1, 0.15) is 37.7 Å². The molecule has 2 N–H and O–H groups in total. The minimum Gasteiger partial charge on any atom is -0.325 e. The maximum Gasteiger partial charge on any atom is 0.241 e. The van der Waals surface area contributed by atoms with E-state index < -0.39 is 0 Å². The van der Waals surface area contributed by atoms with Gasteiger partial charge in [0, 0.05) is 11.7 Å². The third kappa shape index (κ3) is 2.70. The molecule has 1 aromatic carbocycles. The van der Waals surface area contributed by atoms with Gasteiger partial charge in [-0.15, -0.1) is 0 Å². The lowest BCUT2D eigenvalue weighted by molar-refractivity contribution is -0.117. The molecule has 1 aliphatic carbocycles. The van der Waals surface area contributed by atoms with Gasteiger partial charge in [-0.05, 0) is 55.9 Å². The SMILES string of the molecule is Cc1cc(NC(=O)C2CC3CCCCC3N2)ccc1F. The van der Waals surface area contributed by atoms with Crippen LogP contribution in [0.4, 0.5) is 10.1 Å². The monoisotopic (exact) mass is 276 g/mol. The minimum absolute atomic E-state index is 0.00501. The molecule has 0 bridgehead atoms. The summed E-state index contributed by atoms with van der Waals surface area (Å²) in [5.74, 6) is 0.410. The molecule has 1 aliphatic heterocycles. The van der Waals surface area contributed by atoms with Crippen LogP contribution in [-0.2, 0) is 4.79 Å². The lowest BCUT2D eigenvalue weighted by Gasteiger charge is -2.24. The van der Waals surface area contributed by atoms with Crippen LogP contribution < -0.4 is 10.6 Å². The lowest BCUT2D eigenvalue weighted by atomic mass is 9.85. The van der Waals surface area contributed by atoms with E-state index in [1.807, 2.05) is 0 Å². The van der Waals surface area contributed by atoms with E-state index in [0.29, 0.717) is 23.2 Å². The molecule has 2 fully saturated rings. The zero-order valence-electron chi connectivity index (χ0n) is 11.8. The Balaban J connectivity index is 1.63. The number of halogens is 1. The zero-order valence-corrected chi connectivity index (χ0v) is 11.8. The molecule has 1 saturated carbocycles. The highest BCUT2D eigenvalue weighted by Crippen LogP contribution is 2.33. The first kappa shape index (κ1) is 13.6. The second kappa shape index (κ2) is 5.52. The van der Waals surface area contributed by atoms with Gasteiger partial charge in [-0.3, -0.25) is 4.79 Å². The number of benzene rings is 1. The second-order valence-electron chi connectivity index (χ2n) is 6.06. The summed E-state index contributed by atoms with van der Waals surface area (Å²) in [6.45, 7) is 1.70. The standard InChI is InChI=1S/C16H21FN2O/c1-10-8-12(6-7-13(10)17)18-16(20)15-9-11-4-2-3-5-14(11)19-15/h6-8,11,14-15,19H,2-5,9H2,1H3,(H,18,20). The number of hydrogen-bond donors (Lipinski definition) is 2. The van der Waals surface area contributed by atoms with Crippen LogP contribution >= 0.6 is 0 Å². The van der Waals surface area contributed by atoms with Crippen LogP contribution in [0.5, 0.6) is 0 Å². The molecule has 0 aromatic heterocycles. The van der Waals surface area contributed by atoms with E-state index in [-0.39, 0.29) is 17.8 Å². The molecule has 3 atom stereocenters. The molecule has 20 heavy (non-hydrogen) atoms. The molecule has 2 aliphatic rings. The van der Waals surface area contributed by atoms with Gasteiger partial charge in [0.25, 0.3) is 0 Å². The Morgan fingerprint density at radius 1 is 1.35 bits per heavy atom. The van der Waals surface area contributed by atoms with Crippen molar-refractivity contribution in [1.82, 2.24) is 5.32 Å². The predicted molar refractivity (Wildman–Crippen MR) is 77.1 cm³/mol. The number of carbonyl (C=O) groups is 1. The topological polar surface area (TPSA) is 41.1 Å². The number of nitrogens with one attached hydrogen (secondary N) is 2. The highest BCUT2D eigenvalue weighted by atomic mass is 19.1. The van der Waals surface area contributed by atoms with E-state index in [9.17, 15) is 9.18 Å². The quantitative estimate of drug-likeness (QED) is 0.872. The minimum atomic E-state index is -0.243. The summed E-state index contributed by atoms with van der Waals surface area (Å²) < 4.78 is 13.2. The first-order valence-corrected chi connectivity index (χ1v) is 7.46. The van der Waals surface area contributed by atoms with Gasteiger partial charge in [0.05, 0.1) is 6.04 Å². The van der Waals surface area contributed by atoms with Crippen molar-refractivity contribution in [3.63, 3.8) is 0 Å². The molecule has 1 saturated heterocycles. The molecule has 0 radical (unpaired) electrons. The van der Waals surface area contributed by atoms with Crippen molar-refractivity contribution in [2.75, 3.05) is 5.32 Å². The first-order valence-electron chi connectivity index (χ1n) is 7.46. The van der Waals surface area contributed by atoms with Crippen LogP contribution in [0.3, 0.4) is 0 Å². The summed E-state index contributed by atoms with van der Waals surface area (Å²) in [7, 11) is 0. The maximum atomic E-state index is 13.2. The summed E-state index contributed by atoms with van der Waals surface area (Å²) in [4.78, 5) is 12.3. The summed E-state index contributed by atoms with van der Waals surface area (Å²) in [6, 6.07) is 5.09. The molecule has 1 amide bonds. The highest BCUT2D eigenvalue weighted by molar-refractivity contribution is 5.95. The number of carbonyl (C=O) groups excluding carboxylic acids is 1. The molecular formula is C16H21FN2O. The van der Waals surface area contributed by atoms with E-state index in [2.05, 4.69) is 10.6 Å². The van der Waals surface area contributed by atoms with E-state index >= 15 is 0 Å². The molecule has 1 heterocycles. The number of amides is 1. The maximum absolute atomic E-state index is 13.2. The Kier molecular flexibility index (Phi) is 3.74. The van der Waals surface area contributed by atoms with Crippen molar-refractivity contribution in [2.45, 2.75) is 51.1 Å². The Hall–Kier alpha value is -1.42. The Labute approximate surface area is 118 Å². The smallest absolute Gasteiger partial charge is 0.241 e. The third-order valence-corrected chi connectivity index (χ3v) is 4.60. The fourth-order valence-corrected chi connectivity index (χ4v) is 3.47. The summed E-state index contributed by atoms with van der Waals surface area (Å²) in [5, 5.41) is 6.35. The van der Waals surface area contributed by atoms with Crippen molar-refractivity contribution >= 4 is 11.6 Å². The average Bonchev–Trinajstić information content (AvgIpc) is 2.87. The van der Waals surface area contributed by atoms with Gasteiger partial charge in [-0.2, -0.15) is 0 Å². The van der Waals surface area contributed by atoms with Gasteiger partial charge in [-0.25, -0.2) is 4.39 Å². The van der Waals surface area contributed by atoms with Crippen molar-refractivity contribution in [1.29, 1.82) is 0 Å². The average molecular weight is 276 g/mol. The zero-order chi connectivity index (χ0) is 14.1. The first-order chi connectivity index (χ1) is 9.63. The van der Waals surface area contributed by atoms with E-state index in [1.165, 1.54) is 31.7 Å². The predicted octanol–water partition coefficient (Wildman–Crippen LogP) is 2.99. The van der Waals surface area contributed by atoms with E-state index in [0.717, 1.165) is 6.42 Å². The molecule has 3 rings (SSSR count). The number of aryl methyl sites for hydroxylation is 1. The Morgan fingerprint density at radius 3 is 2.90 bits per heavy atom. The van der Waals surface area contributed by atoms with Crippen LogP contribution in [0.25, 0.3) is 0 Å². The van der Waals surface area contributed by atoms with Gasteiger partial charge < -0.3 is 10.6 Å². The van der Waals surface area contributed by atoms with Crippen molar-refractivity contribution in [3.05, 3.63) is 29.6 Å². The largest absolute Gasteiger partial charge is 0.325 e. The lowest BCUT2D eigenvalue weighted by Crippen LogP contribution is -2.39. The fraction of sp³-hybridized carbons (Fsp3) is 0.562. The fourth-order valence-electron chi connectivity index (χ4n) is 3.47. The van der Waals surface area contributed by atoms with Gasteiger partial charge in [0.15, 0.2) is 0 Å². The van der Waals surface area contributed by atoms with Crippen LogP contribution in [-0.4, -0.2) is 18.0 Å². The molecule has 0 spiro atoms. The van der Waals surface area contributed by atoms with Gasteiger partial charge >= 0.3 is 0 Å². The van der Waals surface area contributed by atoms with E-state index in [4.69, 9.17) is 0 Å². The van der Waals surface area contributed by atoms with Gasteiger partial charge in [0.2, 0.25) is 5.91 Å². The molecule has 4 heteroatoms. The molecular weight excluding hydrogens is 255 g/mol. The summed E-state index contributed by atoms with van der Waals surface area (Å²) in [5.41, 5.74) is 1.22. The summed E-state index contributed by atoms with van der Waals surface area (Å²) in [6.07, 6.45) is 5.89. The highest BCUT2D eigenvalue weighted by Gasteiger charge is 2.38. The number of fused-ring (bicyclic) bond motifs is 1. The summed E-state index contributed by atoms with van der Waals surface area (Å²) >= 11 is 0. The molecule has 3 unspecified atom stereocenters. The van der Waals surface area contributed by atoms with E-state index in [1.54, 1.807) is 19.1 Å². The van der Waals surface area contributed by atoms with Crippen molar-refractivity contribution in [3.8, 4) is 0 Å². The molecule has 3 nitrogen and oxygen atoms in total. The normalized spacial score (nSPS) is 29.0. The van der Waals surface area contributed by atoms with Crippen LogP contribution in [0, 0.1) is 18.7 Å². The Morgan fingerprint density at radius 2 is 2.15 bits per heavy atom. The molecule has 1 aromatic rings. The van der Waals surface area contributed by atoms with Crippen molar-refractivity contribution < 1.29 is 9.18 Å². The molecule has 108 valence electrons. The number of anilines is 1. The van der Waals surface area contributed by atoms with Gasteiger partial charge in [-0.1, -0.05) is 12.8 Å².